The highest BCUT2D eigenvalue weighted by atomic mass is 79.9. The predicted octanol–water partition coefficient (Wildman–Crippen LogP) is 1.62. The molecular formula is C12H19BrN4O2S. The Hall–Kier alpha value is -0.700. The molecule has 3 N–H and O–H groups in total. The van der Waals surface area contributed by atoms with Crippen LogP contribution in [0, 0.1) is 6.92 Å². The Bertz CT molecular complexity index is 579. The molecule has 0 radical (unpaired) electrons. The summed E-state index contributed by atoms with van der Waals surface area (Å²) in [6, 6.07) is 1.57. The van der Waals surface area contributed by atoms with Crippen LogP contribution in [0.5, 0.6) is 0 Å². The molecule has 1 fully saturated rings. The van der Waals surface area contributed by atoms with Gasteiger partial charge in [0.15, 0.2) is 0 Å². The first-order valence-corrected chi connectivity index (χ1v) is 8.79. The Labute approximate surface area is 128 Å². The minimum absolute atomic E-state index is 0.127. The Kier molecular flexibility index (Phi) is 5.00. The summed E-state index contributed by atoms with van der Waals surface area (Å²) in [5.41, 5.74) is 6.59. The Morgan fingerprint density at radius 3 is 2.95 bits per heavy atom. The molecule has 0 spiro atoms. The van der Waals surface area contributed by atoms with E-state index in [2.05, 4.69) is 25.6 Å². The van der Waals surface area contributed by atoms with E-state index in [1.54, 1.807) is 12.3 Å². The van der Waals surface area contributed by atoms with Crippen molar-refractivity contribution in [3.8, 4) is 0 Å². The lowest BCUT2D eigenvalue weighted by atomic mass is 10.1. The average molecular weight is 363 g/mol. The van der Waals surface area contributed by atoms with Gasteiger partial charge in [-0.15, -0.1) is 0 Å². The first-order valence-electron chi connectivity index (χ1n) is 6.56. The second-order valence-electron chi connectivity index (χ2n) is 4.92. The molecule has 1 aromatic rings. The molecule has 6 nitrogen and oxygen atoms in total. The van der Waals surface area contributed by atoms with Gasteiger partial charge in [-0.25, -0.2) is 4.98 Å². The van der Waals surface area contributed by atoms with E-state index in [1.165, 1.54) is 4.31 Å². The van der Waals surface area contributed by atoms with Gasteiger partial charge in [-0.05, 0) is 47.3 Å². The summed E-state index contributed by atoms with van der Waals surface area (Å²) in [6.07, 6.45) is 4.28. The zero-order valence-corrected chi connectivity index (χ0v) is 13.7. The zero-order chi connectivity index (χ0) is 14.8. The number of nitrogens with one attached hydrogen (secondary N) is 1. The van der Waals surface area contributed by atoms with Crippen molar-refractivity contribution in [3.05, 3.63) is 22.3 Å². The van der Waals surface area contributed by atoms with Crippen LogP contribution in [-0.4, -0.2) is 36.8 Å². The second kappa shape index (κ2) is 6.38. The third-order valence-corrected chi connectivity index (χ3v) is 5.83. The highest BCUT2D eigenvalue weighted by Crippen LogP contribution is 2.22. The van der Waals surface area contributed by atoms with E-state index >= 15 is 0 Å². The SMILES string of the molecule is Cc1cc(NS(=O)(=O)N2CCCCC2CN)ncc1Br. The van der Waals surface area contributed by atoms with E-state index < -0.39 is 10.2 Å². The summed E-state index contributed by atoms with van der Waals surface area (Å²) in [5.74, 6) is 0.326. The van der Waals surface area contributed by atoms with E-state index in [1.807, 2.05) is 6.92 Å². The maximum absolute atomic E-state index is 12.4. The van der Waals surface area contributed by atoms with E-state index in [-0.39, 0.29) is 6.04 Å². The third-order valence-electron chi connectivity index (χ3n) is 3.43. The molecule has 1 aliphatic heterocycles. The van der Waals surface area contributed by atoms with E-state index in [9.17, 15) is 8.42 Å². The number of aryl methyl sites for hydroxylation is 1. The fourth-order valence-electron chi connectivity index (χ4n) is 2.31. The van der Waals surface area contributed by atoms with Gasteiger partial charge in [0.05, 0.1) is 0 Å². The number of anilines is 1. The van der Waals surface area contributed by atoms with Crippen molar-refractivity contribution in [3.63, 3.8) is 0 Å². The molecule has 2 heterocycles. The summed E-state index contributed by atoms with van der Waals surface area (Å²) in [6.45, 7) is 2.73. The predicted molar refractivity (Wildman–Crippen MR) is 82.6 cm³/mol. The lowest BCUT2D eigenvalue weighted by Crippen LogP contribution is -2.49. The van der Waals surface area contributed by atoms with Crippen molar-refractivity contribution in [2.45, 2.75) is 32.2 Å². The minimum Gasteiger partial charge on any atom is -0.329 e. The van der Waals surface area contributed by atoms with Crippen LogP contribution in [0.2, 0.25) is 0 Å². The van der Waals surface area contributed by atoms with Crippen LogP contribution in [0.1, 0.15) is 24.8 Å². The van der Waals surface area contributed by atoms with Gasteiger partial charge in [0.1, 0.15) is 5.82 Å². The average Bonchev–Trinajstić information content (AvgIpc) is 2.42. The summed E-state index contributed by atoms with van der Waals surface area (Å²) in [5, 5.41) is 0. The van der Waals surface area contributed by atoms with Crippen LogP contribution in [0.4, 0.5) is 5.82 Å². The number of halogens is 1. The minimum atomic E-state index is -3.60. The molecule has 8 heteroatoms. The molecule has 0 aliphatic carbocycles. The maximum Gasteiger partial charge on any atom is 0.303 e. The smallest absolute Gasteiger partial charge is 0.303 e. The topological polar surface area (TPSA) is 88.3 Å². The number of hydrogen-bond donors (Lipinski definition) is 2. The molecule has 1 atom stereocenters. The molecule has 0 amide bonds. The molecule has 1 unspecified atom stereocenters. The van der Waals surface area contributed by atoms with Gasteiger partial charge in [0.2, 0.25) is 0 Å². The molecule has 1 saturated heterocycles. The van der Waals surface area contributed by atoms with Gasteiger partial charge in [0, 0.05) is 29.8 Å². The van der Waals surface area contributed by atoms with Crippen LogP contribution in [0.15, 0.2) is 16.7 Å². The number of piperidine rings is 1. The van der Waals surface area contributed by atoms with Gasteiger partial charge in [0.25, 0.3) is 0 Å². The van der Waals surface area contributed by atoms with Gasteiger partial charge in [-0.1, -0.05) is 6.42 Å². The van der Waals surface area contributed by atoms with Crippen LogP contribution in [0.25, 0.3) is 0 Å². The number of aromatic nitrogens is 1. The highest BCUT2D eigenvalue weighted by molar-refractivity contribution is 9.10. The summed E-state index contributed by atoms with van der Waals surface area (Å²) in [4.78, 5) is 4.07. The lowest BCUT2D eigenvalue weighted by Gasteiger charge is -2.33. The van der Waals surface area contributed by atoms with Gasteiger partial charge in [-0.2, -0.15) is 12.7 Å². The van der Waals surface area contributed by atoms with Gasteiger partial charge in [-0.3, -0.25) is 4.72 Å². The van der Waals surface area contributed by atoms with E-state index in [4.69, 9.17) is 5.73 Å². The first-order chi connectivity index (χ1) is 9.44. The van der Waals surface area contributed by atoms with Gasteiger partial charge >= 0.3 is 10.2 Å². The molecule has 0 aromatic carbocycles. The molecule has 1 aliphatic rings. The number of pyridine rings is 1. The van der Waals surface area contributed by atoms with Crippen molar-refractivity contribution in [1.29, 1.82) is 0 Å². The lowest BCUT2D eigenvalue weighted by molar-refractivity contribution is 0.259. The molecule has 112 valence electrons. The van der Waals surface area contributed by atoms with E-state index in [0.717, 1.165) is 29.3 Å². The van der Waals surface area contributed by atoms with Crippen LogP contribution in [0.3, 0.4) is 0 Å². The number of nitrogens with zero attached hydrogens (tertiary/aromatic N) is 2. The zero-order valence-electron chi connectivity index (χ0n) is 11.3. The second-order valence-corrected chi connectivity index (χ2v) is 7.40. The normalized spacial score (nSPS) is 20.9. The number of nitrogens with two attached hydrogens (primary N) is 1. The molecule has 20 heavy (non-hydrogen) atoms. The van der Waals surface area contributed by atoms with Crippen molar-refractivity contribution in [1.82, 2.24) is 9.29 Å². The molecule has 0 bridgehead atoms. The molecule has 0 saturated carbocycles. The highest BCUT2D eigenvalue weighted by Gasteiger charge is 2.31. The van der Waals surface area contributed by atoms with Crippen molar-refractivity contribution >= 4 is 32.0 Å². The summed E-state index contributed by atoms with van der Waals surface area (Å²) in [7, 11) is -3.60. The monoisotopic (exact) mass is 362 g/mol. The third kappa shape index (κ3) is 3.49. The van der Waals surface area contributed by atoms with E-state index in [0.29, 0.717) is 18.9 Å². The van der Waals surface area contributed by atoms with Crippen molar-refractivity contribution in [2.75, 3.05) is 17.8 Å². The number of rotatable bonds is 4. The van der Waals surface area contributed by atoms with Crippen LogP contribution < -0.4 is 10.5 Å². The summed E-state index contributed by atoms with van der Waals surface area (Å²) < 4.78 is 29.7. The first kappa shape index (κ1) is 15.7. The van der Waals surface area contributed by atoms with Crippen molar-refractivity contribution in [2.24, 2.45) is 5.73 Å². The van der Waals surface area contributed by atoms with Crippen molar-refractivity contribution < 1.29 is 8.42 Å². The Morgan fingerprint density at radius 2 is 2.30 bits per heavy atom. The molecule has 1 aromatic heterocycles. The maximum atomic E-state index is 12.4. The number of hydrogen-bond acceptors (Lipinski definition) is 4. The van der Waals surface area contributed by atoms with Gasteiger partial charge < -0.3 is 5.73 Å². The molecular weight excluding hydrogens is 344 g/mol. The largest absolute Gasteiger partial charge is 0.329 e. The Morgan fingerprint density at radius 1 is 1.55 bits per heavy atom. The standard InChI is InChI=1S/C12H19BrN4O2S/c1-9-6-12(15-8-11(9)13)16-20(18,19)17-5-3-2-4-10(17)7-14/h6,8,10H,2-5,7,14H2,1H3,(H,15,16). The van der Waals surface area contributed by atoms with Crippen LogP contribution >= 0.6 is 15.9 Å². The summed E-state index contributed by atoms with van der Waals surface area (Å²) >= 11 is 3.34. The fourth-order valence-corrected chi connectivity index (χ4v) is 3.98. The molecule has 2 rings (SSSR count). The Balaban J connectivity index is 2.19. The van der Waals surface area contributed by atoms with Crippen LogP contribution in [-0.2, 0) is 10.2 Å². The fraction of sp³-hybridized carbons (Fsp3) is 0.583. The quantitative estimate of drug-likeness (QED) is 0.851.